The van der Waals surface area contributed by atoms with E-state index >= 15 is 0 Å². The lowest BCUT2D eigenvalue weighted by atomic mass is 9.88. The lowest BCUT2D eigenvalue weighted by Crippen LogP contribution is -2.40. The Morgan fingerprint density at radius 3 is 2.59 bits per heavy atom. The van der Waals surface area contributed by atoms with E-state index in [-0.39, 0.29) is 17.9 Å². The number of likely N-dealkylation sites (tertiary alicyclic amines) is 1. The van der Waals surface area contributed by atoms with Gasteiger partial charge in [-0.2, -0.15) is 5.10 Å². The number of hydrogen-bond acceptors (Lipinski definition) is 9. The maximum Gasteiger partial charge on any atom is 0.324 e. The Balaban J connectivity index is 0.00000168. The highest BCUT2D eigenvalue weighted by atomic mass is 16.5. The highest BCUT2D eigenvalue weighted by Gasteiger charge is 2.48. The minimum absolute atomic E-state index is 0.0985. The number of rotatable bonds is 6. The van der Waals surface area contributed by atoms with E-state index in [1.165, 1.54) is 11.2 Å². The van der Waals surface area contributed by atoms with Crippen LogP contribution in [-0.2, 0) is 11.8 Å². The van der Waals surface area contributed by atoms with Gasteiger partial charge in [0.05, 0.1) is 17.4 Å². The molecule has 0 spiro atoms. The van der Waals surface area contributed by atoms with Gasteiger partial charge < -0.3 is 34.8 Å². The van der Waals surface area contributed by atoms with Gasteiger partial charge in [0.15, 0.2) is 5.82 Å². The fourth-order valence-electron chi connectivity index (χ4n) is 6.47. The van der Waals surface area contributed by atoms with E-state index in [2.05, 4.69) is 20.4 Å². The number of hydrogen-bond donors (Lipinski definition) is 4. The van der Waals surface area contributed by atoms with Crippen molar-refractivity contribution in [2.24, 2.45) is 13.0 Å². The van der Waals surface area contributed by atoms with E-state index in [1.807, 2.05) is 81.0 Å². The molecule has 2 fully saturated rings. The number of amides is 1. The lowest BCUT2D eigenvalue weighted by molar-refractivity contribution is -0.132. The number of anilines is 2. The molecule has 3 atom stereocenters. The summed E-state index contributed by atoms with van der Waals surface area (Å²) in [4.78, 5) is 23.0. The number of nitrogens with one attached hydrogen (secondary N) is 1. The lowest BCUT2D eigenvalue weighted by Gasteiger charge is -2.31. The first kappa shape index (κ1) is 28.8. The first-order valence-corrected chi connectivity index (χ1v) is 14.7. The second kappa shape index (κ2) is 11.4. The molecule has 2 aromatic carbocycles. The number of aromatic nitrogens is 5. The summed E-state index contributed by atoms with van der Waals surface area (Å²) in [6, 6.07) is 13.7. The van der Waals surface area contributed by atoms with Gasteiger partial charge in [-0.05, 0) is 79.1 Å². The average Bonchev–Trinajstić information content (AvgIpc) is 3.82. The van der Waals surface area contributed by atoms with Gasteiger partial charge in [-0.15, -0.1) is 0 Å². The quantitative estimate of drug-likeness (QED) is 0.136. The highest BCUT2D eigenvalue weighted by Crippen LogP contribution is 2.49. The third kappa shape index (κ3) is 5.01. The van der Waals surface area contributed by atoms with Crippen molar-refractivity contribution in [2.75, 3.05) is 11.9 Å². The molecule has 12 heteroatoms. The Labute approximate surface area is 253 Å². The molecule has 1 aliphatic heterocycles. The van der Waals surface area contributed by atoms with Crippen molar-refractivity contribution in [3.8, 4) is 11.5 Å². The molecule has 3 unspecified atom stereocenters. The summed E-state index contributed by atoms with van der Waals surface area (Å²) in [5, 5.41) is 35.9. The summed E-state index contributed by atoms with van der Waals surface area (Å²) in [6.45, 7) is 6.41. The molecule has 1 aliphatic carbocycles. The Morgan fingerprint density at radius 1 is 1.05 bits per heavy atom. The molecule has 12 nitrogen and oxygen atoms in total. The molecule has 2 aliphatic rings. The fraction of sp³-hybridized carbons (Fsp3) is 0.312. The van der Waals surface area contributed by atoms with Crippen LogP contribution in [-0.4, -0.2) is 62.9 Å². The zero-order valence-electron chi connectivity index (χ0n) is 25.0. The summed E-state index contributed by atoms with van der Waals surface area (Å²) in [6.07, 6.45) is 6.67. The van der Waals surface area contributed by atoms with Crippen LogP contribution in [0.4, 0.5) is 11.5 Å². The Hall–Kier alpha value is -5.26. The smallest absolute Gasteiger partial charge is 0.324 e. The highest BCUT2D eigenvalue weighted by molar-refractivity contribution is 5.91. The van der Waals surface area contributed by atoms with Crippen molar-refractivity contribution >= 4 is 34.0 Å². The fourth-order valence-corrected chi connectivity index (χ4v) is 6.47. The zero-order valence-corrected chi connectivity index (χ0v) is 25.0. The largest absolute Gasteiger partial charge is 0.498 e. The first-order chi connectivity index (χ1) is 21.3. The molecule has 5 aromatic rings. The van der Waals surface area contributed by atoms with Crippen LogP contribution in [0.5, 0.6) is 11.5 Å². The van der Waals surface area contributed by atoms with E-state index in [0.29, 0.717) is 24.5 Å². The van der Waals surface area contributed by atoms with Crippen molar-refractivity contribution in [3.05, 3.63) is 84.1 Å². The number of carbonyl (C=O) groups excluding carboxylic acids is 1. The normalized spacial score (nSPS) is 18.7. The molecule has 7 rings (SSSR count). The second-order valence-electron chi connectivity index (χ2n) is 11.0. The molecule has 44 heavy (non-hydrogen) atoms. The number of piperidine rings is 1. The van der Waals surface area contributed by atoms with Gasteiger partial charge in [-0.1, -0.05) is 13.8 Å². The van der Waals surface area contributed by atoms with Crippen LogP contribution in [0.2, 0.25) is 0 Å². The molecule has 2 bridgehead atoms. The summed E-state index contributed by atoms with van der Waals surface area (Å²) < 4.78 is 9.94. The van der Waals surface area contributed by atoms with Gasteiger partial charge in [-0.3, -0.25) is 4.79 Å². The molecule has 4 N–H and O–H groups in total. The number of benzene rings is 2. The SMILES string of the molecule is CC.Cc1cc(Nc2ncnn3ccc(C4CC5CC4CN5C(=O)C(O)=C(O)O)c23)ccc1Oc1ccc2c(c1)ncn2C. The van der Waals surface area contributed by atoms with Crippen molar-refractivity contribution in [1.82, 2.24) is 29.0 Å². The van der Waals surface area contributed by atoms with Crippen molar-refractivity contribution < 1.29 is 24.9 Å². The van der Waals surface area contributed by atoms with Crippen LogP contribution in [0.3, 0.4) is 0 Å². The standard InChI is InChI=1S/C30H29N7O5.C2H6/c1-16-9-18(3-6-25(16)42-20-4-5-24-23(12-20)32-15-35(24)2)34-28-26-21(7-8-37(26)33-14-31-28)22-11-19-10-17(22)13-36(19)29(39)27(38)30(40)41;1-2/h3-9,12,14-15,17,19,22,38,40-41H,10-11,13H2,1-2H3,(H,31,33,34);1-2H3. The van der Waals surface area contributed by atoms with Crippen LogP contribution >= 0.6 is 0 Å². The zero-order chi connectivity index (χ0) is 31.1. The minimum atomic E-state index is -1.36. The number of imidazole rings is 1. The molecule has 0 radical (unpaired) electrons. The van der Waals surface area contributed by atoms with E-state index in [0.717, 1.165) is 45.5 Å². The van der Waals surface area contributed by atoms with Crippen LogP contribution in [0.1, 0.15) is 43.7 Å². The Morgan fingerprint density at radius 2 is 1.86 bits per heavy atom. The summed E-state index contributed by atoms with van der Waals surface area (Å²) >= 11 is 0. The molecule has 1 saturated carbocycles. The van der Waals surface area contributed by atoms with Crippen LogP contribution in [0, 0.1) is 12.8 Å². The van der Waals surface area contributed by atoms with Crippen LogP contribution in [0.15, 0.2) is 73.0 Å². The third-order valence-corrected chi connectivity index (χ3v) is 8.46. The van der Waals surface area contributed by atoms with E-state index < -0.39 is 17.6 Å². The number of aryl methyl sites for hydroxylation is 2. The summed E-state index contributed by atoms with van der Waals surface area (Å²) in [7, 11) is 1.96. The van der Waals surface area contributed by atoms with Gasteiger partial charge in [0, 0.05) is 37.6 Å². The molecule has 3 aromatic heterocycles. The number of aliphatic hydroxyl groups excluding tert-OH is 2. The van der Waals surface area contributed by atoms with Crippen molar-refractivity contribution in [2.45, 2.75) is 45.6 Å². The number of fused-ring (bicyclic) bond motifs is 4. The monoisotopic (exact) mass is 597 g/mol. The number of carbonyl (C=O) groups is 1. The molecule has 4 heterocycles. The van der Waals surface area contributed by atoms with Gasteiger partial charge >= 0.3 is 5.95 Å². The maximum absolute atomic E-state index is 12.5. The molecule has 228 valence electrons. The molecule has 1 amide bonds. The molecule has 1 saturated heterocycles. The van der Waals surface area contributed by atoms with Gasteiger partial charge in [0.1, 0.15) is 23.3 Å². The van der Waals surface area contributed by atoms with E-state index in [4.69, 9.17) is 14.9 Å². The van der Waals surface area contributed by atoms with E-state index in [1.54, 1.807) is 10.8 Å². The first-order valence-electron chi connectivity index (χ1n) is 14.7. The van der Waals surface area contributed by atoms with Gasteiger partial charge in [0.25, 0.3) is 11.7 Å². The van der Waals surface area contributed by atoms with Crippen molar-refractivity contribution in [1.29, 1.82) is 0 Å². The Kier molecular flexibility index (Phi) is 7.50. The molecular weight excluding hydrogens is 562 g/mol. The van der Waals surface area contributed by atoms with Crippen LogP contribution < -0.4 is 10.1 Å². The number of ether oxygens (including phenoxy) is 1. The third-order valence-electron chi connectivity index (χ3n) is 8.46. The Bertz CT molecular complexity index is 1890. The summed E-state index contributed by atoms with van der Waals surface area (Å²) in [5.41, 5.74) is 5.66. The topological polar surface area (TPSA) is 150 Å². The maximum atomic E-state index is 12.5. The van der Waals surface area contributed by atoms with Crippen LogP contribution in [0.25, 0.3) is 16.6 Å². The van der Waals surface area contributed by atoms with Gasteiger partial charge in [-0.25, -0.2) is 14.5 Å². The minimum Gasteiger partial charge on any atom is -0.498 e. The van der Waals surface area contributed by atoms with Gasteiger partial charge in [0.2, 0.25) is 0 Å². The average molecular weight is 598 g/mol. The predicted octanol–water partition coefficient (Wildman–Crippen LogP) is 6.03. The molecular formula is C32H35N7O5. The van der Waals surface area contributed by atoms with Crippen molar-refractivity contribution in [3.63, 3.8) is 0 Å². The predicted molar refractivity (Wildman–Crippen MR) is 165 cm³/mol. The van der Waals surface area contributed by atoms with E-state index in [9.17, 15) is 9.90 Å². The number of nitrogens with zero attached hydrogens (tertiary/aromatic N) is 6. The second-order valence-corrected chi connectivity index (χ2v) is 11.0. The summed E-state index contributed by atoms with van der Waals surface area (Å²) in [5.74, 6) is -0.682. The number of aliphatic hydroxyl groups is 3.